The van der Waals surface area contributed by atoms with Crippen LogP contribution in [0.5, 0.6) is 5.75 Å². The highest BCUT2D eigenvalue weighted by atomic mass is 19.4. The van der Waals surface area contributed by atoms with Crippen LogP contribution in [-0.4, -0.2) is 41.8 Å². The topological polar surface area (TPSA) is 85.2 Å². The summed E-state index contributed by atoms with van der Waals surface area (Å²) < 4.78 is 54.1. The molecule has 7 nitrogen and oxygen atoms in total. The number of aryl methyl sites for hydroxylation is 6. The van der Waals surface area contributed by atoms with Crippen molar-refractivity contribution in [1.82, 2.24) is 9.97 Å². The van der Waals surface area contributed by atoms with Crippen LogP contribution in [-0.2, 0) is 24.2 Å². The summed E-state index contributed by atoms with van der Waals surface area (Å²) in [4.78, 5) is 19.4. The molecule has 5 aromatic rings. The van der Waals surface area contributed by atoms with Crippen molar-refractivity contribution < 1.29 is 36.8 Å². The molecule has 272 valence electrons. The average molecular weight is 715 g/mol. The van der Waals surface area contributed by atoms with Gasteiger partial charge < -0.3 is 24.5 Å². The largest absolute Gasteiger partial charge is 0.542 e. The number of carbonyl (C=O) groups excluding carboxylic acids is 1. The lowest BCUT2D eigenvalue weighted by molar-refractivity contribution is -0.709. The molecule has 0 unspecified atom stereocenters. The van der Waals surface area contributed by atoms with E-state index in [0.717, 1.165) is 41.2 Å². The Morgan fingerprint density at radius 2 is 1.56 bits per heavy atom. The number of rotatable bonds is 8. The minimum atomic E-state index is -5.19. The third-order valence-corrected chi connectivity index (χ3v) is 9.75. The molecule has 0 fully saturated rings. The highest BCUT2D eigenvalue weighted by Gasteiger charge is 2.29. The fraction of sp³-hybridized carbons (Fsp3) is 0.341. The predicted octanol–water partition coefficient (Wildman–Crippen LogP) is 7.53. The van der Waals surface area contributed by atoms with Gasteiger partial charge in [0.2, 0.25) is 0 Å². The molecular weight excluding hydrogens is 672 g/mol. The number of nitrogens with one attached hydrogen (secondary N) is 1. The number of halogens is 4. The Balaban J connectivity index is 0.000000604. The van der Waals surface area contributed by atoms with Crippen LogP contribution < -0.4 is 19.3 Å². The molecule has 0 saturated heterocycles. The molecule has 7 rings (SSSR count). The summed E-state index contributed by atoms with van der Waals surface area (Å²) in [6.07, 6.45) is 5.20. The summed E-state index contributed by atoms with van der Waals surface area (Å²) in [6, 6.07) is 18.7. The molecule has 2 aromatic heterocycles. The normalized spacial score (nSPS) is 14.0. The van der Waals surface area contributed by atoms with Crippen LogP contribution in [0.1, 0.15) is 64.0 Å². The van der Waals surface area contributed by atoms with Crippen molar-refractivity contribution in [2.24, 2.45) is 0 Å². The number of carboxylic acid groups (broad SMARTS) is 1. The zero-order valence-corrected chi connectivity index (χ0v) is 29.8. The smallest absolute Gasteiger partial charge is 0.430 e. The number of alkyl halides is 3. The van der Waals surface area contributed by atoms with Gasteiger partial charge >= 0.3 is 6.18 Å². The molecule has 0 aliphatic carbocycles. The van der Waals surface area contributed by atoms with E-state index in [1.165, 1.54) is 84.2 Å². The van der Waals surface area contributed by atoms with Gasteiger partial charge in [-0.2, -0.15) is 13.2 Å². The number of aliphatic carboxylic acids is 1. The summed E-state index contributed by atoms with van der Waals surface area (Å²) in [5.41, 5.74) is 13.8. The lowest BCUT2D eigenvalue weighted by Crippen LogP contribution is -2.41. The molecule has 11 heteroatoms. The molecule has 2 aliphatic rings. The lowest BCUT2D eigenvalue weighted by Gasteiger charge is -2.37. The number of anilines is 1. The number of aromatic nitrogens is 3. The number of imidazole rings is 1. The summed E-state index contributed by atoms with van der Waals surface area (Å²) in [7, 11) is 0. The molecule has 0 atom stereocenters. The minimum absolute atomic E-state index is 0.237. The van der Waals surface area contributed by atoms with Crippen LogP contribution in [0, 0.1) is 33.5 Å². The second-order valence-corrected chi connectivity index (χ2v) is 13.6. The molecule has 0 saturated carbocycles. The van der Waals surface area contributed by atoms with Gasteiger partial charge in [0.1, 0.15) is 23.4 Å². The SMILES string of the molecule is Cc1cc(OCCC[n+]2c(C)cc(/C=C/c3cc4c5c(c3)CCCN5CCC4)cc2C)ccc1-c1nc2c(C)c(F)ccc2[nH]1.O=C([O-])C(F)(F)F. The summed E-state index contributed by atoms with van der Waals surface area (Å²) >= 11 is 0. The molecule has 2 aliphatic heterocycles. The Bertz CT molecular complexity index is 2100. The Kier molecular flexibility index (Phi) is 10.7. The van der Waals surface area contributed by atoms with E-state index in [2.05, 4.69) is 76.6 Å². The fourth-order valence-electron chi connectivity index (χ4n) is 7.25. The fourth-order valence-corrected chi connectivity index (χ4v) is 7.25. The highest BCUT2D eigenvalue weighted by molar-refractivity contribution is 5.83. The van der Waals surface area contributed by atoms with E-state index in [0.29, 0.717) is 17.7 Å². The molecule has 0 spiro atoms. The van der Waals surface area contributed by atoms with Crippen LogP contribution >= 0.6 is 0 Å². The molecular formula is C41H42F4N4O3. The van der Waals surface area contributed by atoms with Crippen LogP contribution in [0.25, 0.3) is 34.6 Å². The third-order valence-electron chi connectivity index (χ3n) is 9.75. The molecule has 0 radical (unpaired) electrons. The van der Waals surface area contributed by atoms with Gasteiger partial charge in [-0.1, -0.05) is 12.2 Å². The number of pyridine rings is 1. The molecule has 52 heavy (non-hydrogen) atoms. The first-order chi connectivity index (χ1) is 24.8. The van der Waals surface area contributed by atoms with Crippen LogP contribution in [0.2, 0.25) is 0 Å². The van der Waals surface area contributed by atoms with E-state index < -0.39 is 12.1 Å². The number of hydrogen-bond donors (Lipinski definition) is 1. The number of aromatic amines is 1. The summed E-state index contributed by atoms with van der Waals surface area (Å²) in [5.74, 6) is -1.66. The van der Waals surface area contributed by atoms with Crippen molar-refractivity contribution >= 4 is 34.8 Å². The zero-order chi connectivity index (χ0) is 37.2. The van der Waals surface area contributed by atoms with Crippen molar-refractivity contribution in [3.05, 3.63) is 105 Å². The monoisotopic (exact) mass is 714 g/mol. The Hall–Kier alpha value is -5.19. The second-order valence-electron chi connectivity index (χ2n) is 13.6. The van der Waals surface area contributed by atoms with E-state index in [4.69, 9.17) is 14.6 Å². The Morgan fingerprint density at radius 3 is 2.15 bits per heavy atom. The average Bonchev–Trinajstić information content (AvgIpc) is 3.53. The number of ether oxygens (including phenoxy) is 1. The predicted molar refractivity (Wildman–Crippen MR) is 192 cm³/mol. The summed E-state index contributed by atoms with van der Waals surface area (Å²) in [6.45, 7) is 12.2. The lowest BCUT2D eigenvalue weighted by atomic mass is 9.90. The minimum Gasteiger partial charge on any atom is -0.542 e. The molecule has 4 heterocycles. The Morgan fingerprint density at radius 1 is 0.942 bits per heavy atom. The van der Waals surface area contributed by atoms with Gasteiger partial charge in [0.15, 0.2) is 17.9 Å². The van der Waals surface area contributed by atoms with Gasteiger partial charge in [0.25, 0.3) is 0 Å². The maximum Gasteiger partial charge on any atom is 0.430 e. The van der Waals surface area contributed by atoms with Crippen LogP contribution in [0.15, 0.2) is 54.6 Å². The van der Waals surface area contributed by atoms with Crippen molar-refractivity contribution in [3.8, 4) is 17.1 Å². The number of nitrogens with zero attached hydrogens (tertiary/aromatic N) is 3. The second kappa shape index (κ2) is 15.2. The molecule has 0 amide bonds. The highest BCUT2D eigenvalue weighted by Crippen LogP contribution is 2.36. The molecule has 3 aromatic carbocycles. The zero-order valence-electron chi connectivity index (χ0n) is 29.8. The molecule has 1 N–H and O–H groups in total. The van der Waals surface area contributed by atoms with E-state index in [-0.39, 0.29) is 5.82 Å². The van der Waals surface area contributed by atoms with E-state index in [1.807, 2.05) is 18.2 Å². The first-order valence-corrected chi connectivity index (χ1v) is 17.5. The van der Waals surface area contributed by atoms with Crippen molar-refractivity contribution in [2.45, 2.75) is 72.5 Å². The third kappa shape index (κ3) is 8.14. The van der Waals surface area contributed by atoms with Crippen LogP contribution in [0.4, 0.5) is 23.2 Å². The molecule has 0 bridgehead atoms. The maximum absolute atomic E-state index is 14.0. The number of benzene rings is 3. The van der Waals surface area contributed by atoms with Crippen LogP contribution in [0.3, 0.4) is 0 Å². The van der Waals surface area contributed by atoms with E-state index in [9.17, 15) is 17.6 Å². The first-order valence-electron chi connectivity index (χ1n) is 17.5. The van der Waals surface area contributed by atoms with Gasteiger partial charge in [-0.15, -0.1) is 0 Å². The number of carbonyl (C=O) groups is 1. The quantitative estimate of drug-likeness (QED) is 0.102. The van der Waals surface area contributed by atoms with Crippen molar-refractivity contribution in [1.29, 1.82) is 0 Å². The van der Waals surface area contributed by atoms with Gasteiger partial charge in [0, 0.05) is 62.3 Å². The number of hydrogen-bond acceptors (Lipinski definition) is 5. The number of carboxylic acids is 1. The van der Waals surface area contributed by atoms with Crippen molar-refractivity contribution in [2.75, 3.05) is 24.6 Å². The van der Waals surface area contributed by atoms with E-state index in [1.54, 1.807) is 13.0 Å². The van der Waals surface area contributed by atoms with Gasteiger partial charge in [-0.25, -0.2) is 13.9 Å². The standard InChI is InChI=1S/C39H42FN4O.C2HF3O2/c1-25-20-33(12-13-34(25)39-41-36-15-14-35(40)28(4)37(36)42-39)45-19-7-18-44-26(2)21-29(22-27(44)3)10-11-30-23-31-8-5-16-43-17-6-9-32(24-30)38(31)43;3-2(4,5)1(6)7/h10-15,20-24H,5-9,16-19H2,1-4H3,(H,41,42);(H,6,7)/q+1;/p-1. The van der Waals surface area contributed by atoms with Crippen molar-refractivity contribution in [3.63, 3.8) is 0 Å². The van der Waals surface area contributed by atoms with E-state index >= 15 is 0 Å². The van der Waals surface area contributed by atoms with Gasteiger partial charge in [0.05, 0.1) is 17.6 Å². The first kappa shape index (κ1) is 36.6. The maximum atomic E-state index is 14.0. The van der Waals surface area contributed by atoms with Gasteiger partial charge in [-0.3, -0.25) is 0 Å². The number of H-pyrrole nitrogens is 1. The summed E-state index contributed by atoms with van der Waals surface area (Å²) in [5, 5.41) is 8.78. The Labute approximate surface area is 300 Å². The van der Waals surface area contributed by atoms with Gasteiger partial charge in [-0.05, 0) is 110 Å². The number of fused-ring (bicyclic) bond motifs is 1.